The van der Waals surface area contributed by atoms with Crippen LogP contribution in [0.4, 0.5) is 0 Å². The predicted octanol–water partition coefficient (Wildman–Crippen LogP) is 2.84. The number of hydrogen-bond acceptors (Lipinski definition) is 3. The van der Waals surface area contributed by atoms with Gasteiger partial charge >= 0.3 is 0 Å². The van der Waals surface area contributed by atoms with Crippen LogP contribution in [0.15, 0.2) is 0 Å². The van der Waals surface area contributed by atoms with Crippen LogP contribution in [0.25, 0.3) is 0 Å². The molecule has 0 bridgehead atoms. The summed E-state index contributed by atoms with van der Waals surface area (Å²) in [4.78, 5) is 2.71. The molecule has 1 heterocycles. The summed E-state index contributed by atoms with van der Waals surface area (Å²) >= 11 is 2.15. The second-order valence-corrected chi connectivity index (χ2v) is 8.91. The van der Waals surface area contributed by atoms with E-state index in [-0.39, 0.29) is 0 Å². The van der Waals surface area contributed by atoms with Crippen LogP contribution in [0.5, 0.6) is 0 Å². The van der Waals surface area contributed by atoms with Crippen molar-refractivity contribution in [2.75, 3.05) is 26.7 Å². The van der Waals surface area contributed by atoms with Crippen molar-refractivity contribution in [1.82, 2.24) is 10.2 Å². The molecule has 0 amide bonds. The molecule has 2 rings (SSSR count). The second-order valence-electron chi connectivity index (χ2n) is 7.03. The molecule has 0 spiro atoms. The van der Waals surface area contributed by atoms with Crippen LogP contribution in [-0.2, 0) is 0 Å². The first-order valence-electron chi connectivity index (χ1n) is 7.47. The molecule has 1 saturated heterocycles. The van der Waals surface area contributed by atoms with Gasteiger partial charge in [-0.05, 0) is 31.2 Å². The lowest BCUT2D eigenvalue weighted by Gasteiger charge is -2.38. The van der Waals surface area contributed by atoms with Gasteiger partial charge in [0.25, 0.3) is 0 Å². The smallest absolute Gasteiger partial charge is 0.0156 e. The first kappa shape index (κ1) is 14.7. The third-order valence-electron chi connectivity index (χ3n) is 4.77. The highest BCUT2D eigenvalue weighted by Gasteiger charge is 2.41. The fourth-order valence-electron chi connectivity index (χ4n) is 4.11. The summed E-state index contributed by atoms with van der Waals surface area (Å²) in [5, 5.41) is 5.19. The van der Waals surface area contributed by atoms with E-state index in [1.54, 1.807) is 0 Å². The summed E-state index contributed by atoms with van der Waals surface area (Å²) in [6.07, 6.45) is 2.77. The summed E-state index contributed by atoms with van der Waals surface area (Å²) in [5.74, 6) is 0.840. The quantitative estimate of drug-likeness (QED) is 0.849. The van der Waals surface area contributed by atoms with Gasteiger partial charge in [-0.25, -0.2) is 0 Å². The molecule has 1 aliphatic carbocycles. The zero-order valence-electron chi connectivity index (χ0n) is 12.7. The van der Waals surface area contributed by atoms with E-state index in [1.807, 2.05) is 0 Å². The van der Waals surface area contributed by atoms with Crippen molar-refractivity contribution in [3.63, 3.8) is 0 Å². The number of rotatable bonds is 3. The van der Waals surface area contributed by atoms with Gasteiger partial charge in [-0.2, -0.15) is 11.8 Å². The van der Waals surface area contributed by atoms with Crippen molar-refractivity contribution in [1.29, 1.82) is 0 Å². The maximum absolute atomic E-state index is 3.58. The molecule has 2 nitrogen and oxygen atoms in total. The molecule has 0 aromatic rings. The van der Waals surface area contributed by atoms with Gasteiger partial charge in [-0.3, -0.25) is 0 Å². The van der Waals surface area contributed by atoms with E-state index < -0.39 is 0 Å². The molecule has 2 aliphatic rings. The van der Waals surface area contributed by atoms with E-state index in [2.05, 4.69) is 56.7 Å². The van der Waals surface area contributed by atoms with E-state index in [0.717, 1.165) is 16.4 Å². The summed E-state index contributed by atoms with van der Waals surface area (Å²) in [5.41, 5.74) is 0.473. The number of nitrogens with one attached hydrogen (secondary N) is 1. The Balaban J connectivity index is 1.93. The summed E-state index contributed by atoms with van der Waals surface area (Å²) in [6.45, 7) is 13.5. The maximum atomic E-state index is 3.58. The zero-order chi connectivity index (χ0) is 13.3. The molecule has 1 aliphatic heterocycles. The third kappa shape index (κ3) is 3.23. The van der Waals surface area contributed by atoms with Gasteiger partial charge < -0.3 is 10.2 Å². The van der Waals surface area contributed by atoms with E-state index in [4.69, 9.17) is 0 Å². The van der Waals surface area contributed by atoms with E-state index in [1.165, 1.54) is 32.5 Å². The molecule has 3 heteroatoms. The van der Waals surface area contributed by atoms with E-state index in [0.29, 0.717) is 11.5 Å². The molecule has 2 fully saturated rings. The molecule has 4 unspecified atom stereocenters. The van der Waals surface area contributed by atoms with Gasteiger partial charge in [0.15, 0.2) is 0 Å². The van der Waals surface area contributed by atoms with Crippen molar-refractivity contribution in [2.24, 2.45) is 11.3 Å². The number of thioether (sulfide) groups is 1. The van der Waals surface area contributed by atoms with Crippen LogP contribution >= 0.6 is 11.8 Å². The molecular weight excluding hydrogens is 240 g/mol. The molecular formula is C15H30N2S. The van der Waals surface area contributed by atoms with Crippen molar-refractivity contribution in [3.05, 3.63) is 0 Å². The maximum Gasteiger partial charge on any atom is 0.0156 e. The molecule has 0 aromatic carbocycles. The predicted molar refractivity (Wildman–Crippen MR) is 82.3 cm³/mol. The van der Waals surface area contributed by atoms with Crippen LogP contribution in [0, 0.1) is 11.3 Å². The van der Waals surface area contributed by atoms with Gasteiger partial charge in [0.1, 0.15) is 0 Å². The molecule has 0 radical (unpaired) electrons. The summed E-state index contributed by atoms with van der Waals surface area (Å²) in [7, 11) is 2.14. The Morgan fingerprint density at radius 2 is 1.83 bits per heavy atom. The van der Waals surface area contributed by atoms with Gasteiger partial charge in [0.2, 0.25) is 0 Å². The summed E-state index contributed by atoms with van der Waals surface area (Å²) in [6, 6.07) is 0.692. The third-order valence-corrected chi connectivity index (χ3v) is 6.00. The molecule has 1 saturated carbocycles. The Morgan fingerprint density at radius 1 is 1.22 bits per heavy atom. The molecule has 4 atom stereocenters. The van der Waals surface area contributed by atoms with Gasteiger partial charge in [0.05, 0.1) is 0 Å². The molecule has 18 heavy (non-hydrogen) atoms. The lowest BCUT2D eigenvalue weighted by molar-refractivity contribution is 0.187. The zero-order valence-corrected chi connectivity index (χ0v) is 13.5. The van der Waals surface area contributed by atoms with Crippen LogP contribution in [0.1, 0.15) is 40.5 Å². The van der Waals surface area contributed by atoms with Crippen molar-refractivity contribution < 1.29 is 0 Å². The fraction of sp³-hybridized carbons (Fsp3) is 1.00. The minimum absolute atomic E-state index is 0.473. The Kier molecular flexibility index (Phi) is 4.66. The Hall–Kier alpha value is 0.270. The number of hydrogen-bond donors (Lipinski definition) is 1. The highest BCUT2D eigenvalue weighted by atomic mass is 32.2. The minimum atomic E-state index is 0.473. The first-order chi connectivity index (χ1) is 8.42. The highest BCUT2D eigenvalue weighted by Crippen LogP contribution is 2.41. The van der Waals surface area contributed by atoms with Crippen molar-refractivity contribution >= 4 is 11.8 Å². The van der Waals surface area contributed by atoms with Gasteiger partial charge in [-0.1, -0.05) is 27.7 Å². The van der Waals surface area contributed by atoms with E-state index >= 15 is 0 Å². The Morgan fingerprint density at radius 3 is 2.39 bits per heavy atom. The van der Waals surface area contributed by atoms with Crippen LogP contribution in [-0.4, -0.2) is 48.1 Å². The van der Waals surface area contributed by atoms with Gasteiger partial charge in [0, 0.05) is 36.2 Å². The molecule has 0 aromatic heterocycles. The van der Waals surface area contributed by atoms with Gasteiger partial charge in [-0.15, -0.1) is 0 Å². The standard InChI is InChI=1S/C15H30N2S/c1-11-8-17(9-12(2)18-11)10-13-6-7-15(3,4)14(13)16-5/h11-14,16H,6-10H2,1-5H3. The SMILES string of the molecule is CNC1C(CN2CC(C)SC(C)C2)CCC1(C)C. The topological polar surface area (TPSA) is 15.3 Å². The highest BCUT2D eigenvalue weighted by molar-refractivity contribution is 8.00. The van der Waals surface area contributed by atoms with E-state index in [9.17, 15) is 0 Å². The van der Waals surface area contributed by atoms with Crippen molar-refractivity contribution in [2.45, 2.75) is 57.1 Å². The lowest BCUT2D eigenvalue weighted by atomic mass is 9.85. The fourth-order valence-corrected chi connectivity index (χ4v) is 5.49. The average Bonchev–Trinajstić information content (AvgIpc) is 2.52. The largest absolute Gasteiger partial charge is 0.316 e. The minimum Gasteiger partial charge on any atom is -0.316 e. The first-order valence-corrected chi connectivity index (χ1v) is 8.41. The van der Waals surface area contributed by atoms with Crippen LogP contribution in [0.2, 0.25) is 0 Å². The Bertz CT molecular complexity index is 270. The Labute approximate surface area is 117 Å². The summed E-state index contributed by atoms with van der Waals surface area (Å²) < 4.78 is 0. The monoisotopic (exact) mass is 270 g/mol. The van der Waals surface area contributed by atoms with Crippen molar-refractivity contribution in [3.8, 4) is 0 Å². The molecule has 1 N–H and O–H groups in total. The second kappa shape index (κ2) is 5.72. The number of nitrogens with zero attached hydrogens (tertiary/aromatic N) is 1. The van der Waals surface area contributed by atoms with Crippen LogP contribution < -0.4 is 5.32 Å². The lowest BCUT2D eigenvalue weighted by Crippen LogP contribution is -2.48. The van der Waals surface area contributed by atoms with Crippen LogP contribution in [0.3, 0.4) is 0 Å². The normalized spacial score (nSPS) is 41.2. The molecule has 106 valence electrons. The average molecular weight is 270 g/mol.